The number of hydrogen-bond donors (Lipinski definition) is 0. The predicted octanol–water partition coefficient (Wildman–Crippen LogP) is 4.18. The molecular formula is C41H48N10O3. The van der Waals surface area contributed by atoms with Crippen LogP contribution >= 0.6 is 0 Å². The molecule has 13 heteroatoms. The van der Waals surface area contributed by atoms with E-state index >= 15 is 0 Å². The van der Waals surface area contributed by atoms with Crippen LogP contribution in [0.25, 0.3) is 17.0 Å². The Morgan fingerprint density at radius 1 is 0.963 bits per heavy atom. The molecular weight excluding hydrogens is 681 g/mol. The van der Waals surface area contributed by atoms with Crippen molar-refractivity contribution in [3.63, 3.8) is 0 Å². The number of amides is 2. The van der Waals surface area contributed by atoms with E-state index in [1.165, 1.54) is 5.57 Å². The summed E-state index contributed by atoms with van der Waals surface area (Å²) in [6, 6.07) is 16.2. The Hall–Kier alpha value is -5.27. The molecule has 4 aliphatic rings. The van der Waals surface area contributed by atoms with Crippen molar-refractivity contribution in [2.75, 3.05) is 64.8 Å². The van der Waals surface area contributed by atoms with Crippen LogP contribution in [0.1, 0.15) is 55.5 Å². The van der Waals surface area contributed by atoms with Crippen LogP contribution in [-0.2, 0) is 22.7 Å². The van der Waals surface area contributed by atoms with E-state index in [0.717, 1.165) is 78.4 Å². The van der Waals surface area contributed by atoms with Crippen LogP contribution in [0.2, 0.25) is 0 Å². The first-order valence-electron chi connectivity index (χ1n) is 19.0. The van der Waals surface area contributed by atoms with Crippen molar-refractivity contribution >= 4 is 28.9 Å². The molecule has 2 saturated heterocycles. The Bertz CT molecular complexity index is 2090. The Kier molecular flexibility index (Phi) is 9.84. The van der Waals surface area contributed by atoms with Crippen molar-refractivity contribution in [2.45, 2.75) is 52.3 Å². The van der Waals surface area contributed by atoms with Gasteiger partial charge < -0.3 is 14.5 Å². The summed E-state index contributed by atoms with van der Waals surface area (Å²) in [4.78, 5) is 54.3. The Morgan fingerprint density at radius 3 is 2.50 bits per heavy atom. The molecule has 0 aliphatic carbocycles. The first-order valence-corrected chi connectivity index (χ1v) is 19.0. The Balaban J connectivity index is 0.851. The molecule has 54 heavy (non-hydrogen) atoms. The maximum Gasteiger partial charge on any atom is 0.237 e. The third kappa shape index (κ3) is 7.30. The molecule has 0 unspecified atom stereocenters. The van der Waals surface area contributed by atoms with Crippen LogP contribution < -0.4 is 9.64 Å². The molecule has 8 rings (SSSR count). The number of likely N-dealkylation sites (tertiary alicyclic amines) is 1. The minimum Gasteiger partial charge on any atom is -0.475 e. The number of ether oxygens (including phenoxy) is 1. The fourth-order valence-electron chi connectivity index (χ4n) is 7.89. The molecule has 4 aromatic rings. The van der Waals surface area contributed by atoms with Gasteiger partial charge in [0, 0.05) is 61.7 Å². The van der Waals surface area contributed by atoms with Crippen molar-refractivity contribution in [3.05, 3.63) is 89.5 Å². The second-order valence-corrected chi connectivity index (χ2v) is 15.4. The topological polar surface area (TPSA) is 125 Å². The second-order valence-electron chi connectivity index (χ2n) is 15.4. The molecule has 7 heterocycles. The van der Waals surface area contributed by atoms with Gasteiger partial charge in [0.05, 0.1) is 42.6 Å². The molecule has 13 nitrogen and oxygen atoms in total. The highest BCUT2D eigenvalue weighted by molar-refractivity contribution is 6.14. The van der Waals surface area contributed by atoms with E-state index in [0.29, 0.717) is 51.0 Å². The molecule has 0 saturated carbocycles. The highest BCUT2D eigenvalue weighted by atomic mass is 16.5. The lowest BCUT2D eigenvalue weighted by Gasteiger charge is -2.29. The summed E-state index contributed by atoms with van der Waals surface area (Å²) in [6.07, 6.45) is 8.06. The molecule has 280 valence electrons. The largest absolute Gasteiger partial charge is 0.475 e. The summed E-state index contributed by atoms with van der Waals surface area (Å²) in [5.74, 6) is 2.16. The maximum absolute atomic E-state index is 14.1. The number of anilines is 1. The third-order valence-corrected chi connectivity index (χ3v) is 10.9. The Labute approximate surface area is 316 Å². The van der Waals surface area contributed by atoms with E-state index in [-0.39, 0.29) is 17.9 Å². The molecule has 2 fully saturated rings. The van der Waals surface area contributed by atoms with Gasteiger partial charge >= 0.3 is 0 Å². The van der Waals surface area contributed by atoms with E-state index in [1.807, 2.05) is 66.7 Å². The number of hydrogen-bond acceptors (Lipinski definition) is 10. The van der Waals surface area contributed by atoms with Crippen LogP contribution in [0.3, 0.4) is 0 Å². The smallest absolute Gasteiger partial charge is 0.237 e. The fraction of sp³-hybridized carbons (Fsp3) is 0.439. The van der Waals surface area contributed by atoms with Gasteiger partial charge in [0.15, 0.2) is 5.82 Å². The van der Waals surface area contributed by atoms with Crippen LogP contribution in [0.5, 0.6) is 5.88 Å². The maximum atomic E-state index is 14.1. The molecule has 1 spiro atoms. The lowest BCUT2D eigenvalue weighted by molar-refractivity contribution is -0.132. The summed E-state index contributed by atoms with van der Waals surface area (Å²) >= 11 is 0. The number of carbonyl (C=O) groups is 2. The number of fused-ring (bicyclic) bond motifs is 1. The van der Waals surface area contributed by atoms with Crippen molar-refractivity contribution < 1.29 is 14.3 Å². The molecule has 0 bridgehead atoms. The van der Waals surface area contributed by atoms with Crippen LogP contribution in [0.4, 0.5) is 5.82 Å². The zero-order valence-electron chi connectivity index (χ0n) is 31.6. The first kappa shape index (κ1) is 35.7. The molecule has 3 aromatic heterocycles. The minimum atomic E-state index is -0.491. The molecule has 4 aliphatic heterocycles. The van der Waals surface area contributed by atoms with Crippen molar-refractivity contribution in [1.29, 1.82) is 0 Å². The van der Waals surface area contributed by atoms with E-state index in [1.54, 1.807) is 12.5 Å². The van der Waals surface area contributed by atoms with Gasteiger partial charge in [0.2, 0.25) is 17.7 Å². The average Bonchev–Trinajstić information content (AvgIpc) is 3.98. The predicted molar refractivity (Wildman–Crippen MR) is 207 cm³/mol. The number of likely N-dealkylation sites (N-methyl/N-ethyl adjacent to an activating group) is 1. The molecule has 0 N–H and O–H groups in total. The quantitative estimate of drug-likeness (QED) is 0.224. The molecule has 0 radical (unpaired) electrons. The highest BCUT2D eigenvalue weighted by Crippen LogP contribution is 2.42. The SMILES string of the molecule is CC(C)Oc1ccc(C2=NCc3ccc(N4CC[C@]5(CCN(CC(=O)N6CC=C(c7ccc(-c8ncn(CCN(C)C)n8)cc7)CC6)C5)C4=O)nc32)cn1. The zero-order chi connectivity index (χ0) is 37.4. The van der Waals surface area contributed by atoms with Gasteiger partial charge in [-0.3, -0.25) is 29.1 Å². The number of aliphatic imine (C=N–C) groups is 1. The van der Waals surface area contributed by atoms with Crippen molar-refractivity contribution in [3.8, 4) is 17.3 Å². The monoisotopic (exact) mass is 728 g/mol. The summed E-state index contributed by atoms with van der Waals surface area (Å²) in [5.41, 5.74) is 6.40. The Morgan fingerprint density at radius 2 is 1.76 bits per heavy atom. The van der Waals surface area contributed by atoms with Gasteiger partial charge in [-0.25, -0.2) is 15.0 Å². The lowest BCUT2D eigenvalue weighted by atomic mass is 9.85. The van der Waals surface area contributed by atoms with Gasteiger partial charge in [-0.1, -0.05) is 36.4 Å². The van der Waals surface area contributed by atoms with E-state index < -0.39 is 5.41 Å². The fourth-order valence-corrected chi connectivity index (χ4v) is 7.89. The average molecular weight is 729 g/mol. The van der Waals surface area contributed by atoms with E-state index in [2.05, 4.69) is 55.2 Å². The van der Waals surface area contributed by atoms with Gasteiger partial charge in [-0.15, -0.1) is 0 Å². The molecule has 1 aromatic carbocycles. The number of carbonyl (C=O) groups excluding carboxylic acids is 2. The summed E-state index contributed by atoms with van der Waals surface area (Å²) < 4.78 is 7.58. The van der Waals surface area contributed by atoms with Crippen molar-refractivity contribution in [1.82, 2.24) is 39.4 Å². The number of benzene rings is 1. The van der Waals surface area contributed by atoms with Gasteiger partial charge in [-0.05, 0) is 77.0 Å². The normalized spacial score (nSPS) is 20.0. The van der Waals surface area contributed by atoms with Crippen LogP contribution in [0.15, 0.2) is 72.1 Å². The molecule has 2 amide bonds. The number of nitrogens with zero attached hydrogens (tertiary/aromatic N) is 10. The van der Waals surface area contributed by atoms with Gasteiger partial charge in [0.1, 0.15) is 12.1 Å². The van der Waals surface area contributed by atoms with Gasteiger partial charge in [-0.2, -0.15) is 5.10 Å². The third-order valence-electron chi connectivity index (χ3n) is 10.9. The number of aromatic nitrogens is 5. The summed E-state index contributed by atoms with van der Waals surface area (Å²) in [5, 5.41) is 4.63. The summed E-state index contributed by atoms with van der Waals surface area (Å²) in [7, 11) is 4.09. The standard InChI is InChI=1S/C41H48N10O3/c1-28(2)54-35-12-10-32(23-42-35)37-38-33(24-43-37)9-11-34(45-38)51-20-16-41(40(51)53)15-19-48(26-41)25-36(52)49-17-13-30(14-18-49)29-5-7-31(8-6-29)39-44-27-50(46-39)22-21-47(3)4/h5-13,23,27-28H,14-22,24-26H2,1-4H3/t41-/m0/s1. The van der Waals surface area contributed by atoms with Crippen LogP contribution in [-0.4, -0.2) is 123 Å². The number of rotatable bonds is 11. The minimum absolute atomic E-state index is 0.0438. The number of pyridine rings is 2. The highest BCUT2D eigenvalue weighted by Gasteiger charge is 2.51. The van der Waals surface area contributed by atoms with E-state index in [9.17, 15) is 9.59 Å². The van der Waals surface area contributed by atoms with Crippen molar-refractivity contribution in [2.24, 2.45) is 10.4 Å². The summed E-state index contributed by atoms with van der Waals surface area (Å²) in [6.45, 7) is 9.71. The van der Waals surface area contributed by atoms with Crippen LogP contribution in [0, 0.1) is 5.41 Å². The lowest BCUT2D eigenvalue weighted by Crippen LogP contribution is -2.43. The first-order chi connectivity index (χ1) is 26.1. The van der Waals surface area contributed by atoms with Gasteiger partial charge in [0.25, 0.3) is 0 Å². The second kappa shape index (κ2) is 14.9. The zero-order valence-corrected chi connectivity index (χ0v) is 31.6. The molecule has 1 atom stereocenters. The van der Waals surface area contributed by atoms with E-state index in [4.69, 9.17) is 14.7 Å².